The highest BCUT2D eigenvalue weighted by molar-refractivity contribution is 5.95. The van der Waals surface area contributed by atoms with Gasteiger partial charge in [0.1, 0.15) is 0 Å². The van der Waals surface area contributed by atoms with Crippen molar-refractivity contribution >= 4 is 22.5 Å². The minimum atomic E-state index is -4.21. The number of benzene rings is 1. The molecule has 2 aromatic rings. The van der Waals surface area contributed by atoms with E-state index in [0.29, 0.717) is 18.5 Å². The lowest BCUT2D eigenvalue weighted by Crippen LogP contribution is -2.34. The predicted octanol–water partition coefficient (Wildman–Crippen LogP) is 5.36. The zero-order valence-electron chi connectivity index (χ0n) is 14.3. The summed E-state index contributed by atoms with van der Waals surface area (Å²) in [7, 11) is 0. The monoisotopic (exact) mass is 352 g/mol. The fraction of sp³-hybridized carbons (Fsp3) is 0.526. The molecule has 0 aliphatic heterocycles. The highest BCUT2D eigenvalue weighted by Gasteiger charge is 2.43. The number of aromatic nitrogens is 1. The molecule has 0 saturated heterocycles. The molecule has 0 bridgehead atoms. The van der Waals surface area contributed by atoms with E-state index in [1.807, 2.05) is 30.5 Å². The number of halogens is 3. The summed E-state index contributed by atoms with van der Waals surface area (Å²) in [6.07, 6.45) is -0.178. The van der Waals surface area contributed by atoms with Gasteiger partial charge in [0.05, 0.1) is 5.92 Å². The van der Waals surface area contributed by atoms with Gasteiger partial charge in [0, 0.05) is 35.2 Å². The highest BCUT2D eigenvalue weighted by Crippen LogP contribution is 2.40. The van der Waals surface area contributed by atoms with Crippen LogP contribution in [0.1, 0.15) is 39.0 Å². The molecule has 1 aromatic carbocycles. The smallest absolute Gasteiger partial charge is 0.347 e. The van der Waals surface area contributed by atoms with E-state index in [2.05, 4.69) is 16.8 Å². The largest absolute Gasteiger partial charge is 0.391 e. The molecule has 136 valence electrons. The summed E-state index contributed by atoms with van der Waals surface area (Å²) < 4.78 is 40.9. The van der Waals surface area contributed by atoms with Crippen molar-refractivity contribution < 1.29 is 18.0 Å². The van der Waals surface area contributed by atoms with Gasteiger partial charge >= 0.3 is 6.18 Å². The number of carbonyl (C=O) groups is 1. The number of rotatable bonds is 4. The van der Waals surface area contributed by atoms with E-state index in [4.69, 9.17) is 0 Å². The van der Waals surface area contributed by atoms with Crippen molar-refractivity contribution in [2.75, 3.05) is 5.32 Å². The Morgan fingerprint density at radius 3 is 2.80 bits per heavy atom. The summed E-state index contributed by atoms with van der Waals surface area (Å²) >= 11 is 0. The molecule has 0 spiro atoms. The molecular formula is C19H23F3N2O. The van der Waals surface area contributed by atoms with E-state index in [1.54, 1.807) is 0 Å². The number of fused-ring (bicyclic) bond motifs is 1. The second-order valence-corrected chi connectivity index (χ2v) is 6.87. The summed E-state index contributed by atoms with van der Waals surface area (Å²) in [5.41, 5.74) is 1.73. The van der Waals surface area contributed by atoms with Crippen LogP contribution in [0.3, 0.4) is 0 Å². The Morgan fingerprint density at radius 2 is 2.08 bits per heavy atom. The summed E-state index contributed by atoms with van der Waals surface area (Å²) in [4.78, 5) is 12.4. The lowest BCUT2D eigenvalue weighted by Gasteiger charge is -2.29. The number of hydrogen-bond donors (Lipinski definition) is 1. The van der Waals surface area contributed by atoms with E-state index in [0.717, 1.165) is 23.9 Å². The molecule has 1 N–H and O–H groups in total. The number of anilines is 1. The number of carbonyl (C=O) groups excluding carboxylic acids is 1. The van der Waals surface area contributed by atoms with Crippen LogP contribution in [0.5, 0.6) is 0 Å². The summed E-state index contributed by atoms with van der Waals surface area (Å²) in [6, 6.07) is 7.63. The second-order valence-electron chi connectivity index (χ2n) is 6.87. The Morgan fingerprint density at radius 1 is 1.28 bits per heavy atom. The van der Waals surface area contributed by atoms with Gasteiger partial charge in [-0.25, -0.2) is 0 Å². The van der Waals surface area contributed by atoms with Crippen molar-refractivity contribution in [3.63, 3.8) is 0 Å². The van der Waals surface area contributed by atoms with Gasteiger partial charge in [-0.05, 0) is 49.9 Å². The molecular weight excluding hydrogens is 329 g/mol. The minimum Gasteiger partial charge on any atom is -0.347 e. The topological polar surface area (TPSA) is 34.0 Å². The van der Waals surface area contributed by atoms with Crippen LogP contribution in [-0.2, 0) is 11.3 Å². The van der Waals surface area contributed by atoms with Crippen LogP contribution in [0.2, 0.25) is 0 Å². The Labute approximate surface area is 145 Å². The van der Waals surface area contributed by atoms with E-state index < -0.39 is 18.0 Å². The van der Waals surface area contributed by atoms with Gasteiger partial charge in [-0.1, -0.05) is 13.3 Å². The average molecular weight is 352 g/mol. The maximum Gasteiger partial charge on any atom is 0.391 e. The minimum absolute atomic E-state index is 0.107. The maximum absolute atomic E-state index is 12.9. The molecule has 2 unspecified atom stereocenters. The van der Waals surface area contributed by atoms with Crippen molar-refractivity contribution in [3.8, 4) is 0 Å². The Kier molecular flexibility index (Phi) is 5.06. The molecule has 1 heterocycles. The van der Waals surface area contributed by atoms with Crippen molar-refractivity contribution in [1.29, 1.82) is 0 Å². The van der Waals surface area contributed by atoms with E-state index in [1.165, 1.54) is 0 Å². The summed E-state index contributed by atoms with van der Waals surface area (Å²) in [5, 5.41) is 3.82. The fourth-order valence-electron chi connectivity index (χ4n) is 3.68. The second kappa shape index (κ2) is 7.10. The predicted molar refractivity (Wildman–Crippen MR) is 92.4 cm³/mol. The van der Waals surface area contributed by atoms with Crippen LogP contribution in [0.15, 0.2) is 30.5 Å². The van der Waals surface area contributed by atoms with Crippen LogP contribution < -0.4 is 5.32 Å². The summed E-state index contributed by atoms with van der Waals surface area (Å²) in [5.74, 6) is -2.23. The molecule has 1 aromatic heterocycles. The molecule has 3 rings (SSSR count). The van der Waals surface area contributed by atoms with Gasteiger partial charge in [0.25, 0.3) is 0 Å². The third-order valence-electron chi connectivity index (χ3n) is 5.01. The lowest BCUT2D eigenvalue weighted by molar-refractivity contribution is -0.185. The number of aryl methyl sites for hydroxylation is 1. The molecule has 25 heavy (non-hydrogen) atoms. The SMILES string of the molecule is CCCn1ccc2cc(NC(=O)C3CCCC(C(F)(F)F)C3)ccc21. The van der Waals surface area contributed by atoms with Crippen LogP contribution in [-0.4, -0.2) is 16.7 Å². The van der Waals surface area contributed by atoms with Crippen molar-refractivity contribution in [2.45, 2.75) is 51.7 Å². The van der Waals surface area contributed by atoms with E-state index >= 15 is 0 Å². The fourth-order valence-corrected chi connectivity index (χ4v) is 3.68. The van der Waals surface area contributed by atoms with Gasteiger partial charge in [-0.15, -0.1) is 0 Å². The Balaban J connectivity index is 1.69. The van der Waals surface area contributed by atoms with E-state index in [-0.39, 0.29) is 18.7 Å². The van der Waals surface area contributed by atoms with E-state index in [9.17, 15) is 18.0 Å². The molecule has 1 fully saturated rings. The third kappa shape index (κ3) is 3.99. The number of nitrogens with zero attached hydrogens (tertiary/aromatic N) is 1. The first kappa shape index (κ1) is 17.8. The van der Waals surface area contributed by atoms with Gasteiger partial charge in [0.2, 0.25) is 5.91 Å². The zero-order valence-corrected chi connectivity index (χ0v) is 14.3. The first-order chi connectivity index (χ1) is 11.9. The van der Waals surface area contributed by atoms with Crippen LogP contribution in [0.4, 0.5) is 18.9 Å². The van der Waals surface area contributed by atoms with Crippen molar-refractivity contribution in [2.24, 2.45) is 11.8 Å². The zero-order chi connectivity index (χ0) is 18.0. The molecule has 1 aliphatic carbocycles. The van der Waals surface area contributed by atoms with Crippen LogP contribution >= 0.6 is 0 Å². The van der Waals surface area contributed by atoms with Gasteiger partial charge in [-0.2, -0.15) is 13.2 Å². The van der Waals surface area contributed by atoms with Crippen LogP contribution in [0.25, 0.3) is 10.9 Å². The number of nitrogens with one attached hydrogen (secondary N) is 1. The maximum atomic E-state index is 12.9. The molecule has 3 nitrogen and oxygen atoms in total. The van der Waals surface area contributed by atoms with Crippen LogP contribution in [0, 0.1) is 11.8 Å². The van der Waals surface area contributed by atoms with Crippen molar-refractivity contribution in [1.82, 2.24) is 4.57 Å². The first-order valence-corrected chi connectivity index (χ1v) is 8.85. The number of alkyl halides is 3. The van der Waals surface area contributed by atoms with Crippen molar-refractivity contribution in [3.05, 3.63) is 30.5 Å². The molecule has 2 atom stereocenters. The molecule has 6 heteroatoms. The van der Waals surface area contributed by atoms with Gasteiger partial charge in [0.15, 0.2) is 0 Å². The first-order valence-electron chi connectivity index (χ1n) is 8.85. The standard InChI is InChI=1S/C19H23F3N2O/c1-2-9-24-10-8-13-12-16(6-7-17(13)24)23-18(25)14-4-3-5-15(11-14)19(20,21)22/h6-8,10,12,14-15H,2-5,9,11H2,1H3,(H,23,25). The highest BCUT2D eigenvalue weighted by atomic mass is 19.4. The van der Waals surface area contributed by atoms with Gasteiger partial charge < -0.3 is 9.88 Å². The molecule has 1 aliphatic rings. The summed E-state index contributed by atoms with van der Waals surface area (Å²) in [6.45, 7) is 3.04. The normalized spacial score (nSPS) is 21.4. The number of amides is 1. The Bertz CT molecular complexity index is 751. The molecule has 1 amide bonds. The average Bonchev–Trinajstić information content (AvgIpc) is 2.97. The number of hydrogen-bond acceptors (Lipinski definition) is 1. The quantitative estimate of drug-likeness (QED) is 0.790. The third-order valence-corrected chi connectivity index (χ3v) is 5.01. The molecule has 1 saturated carbocycles. The van der Waals surface area contributed by atoms with Gasteiger partial charge in [-0.3, -0.25) is 4.79 Å². The lowest BCUT2D eigenvalue weighted by atomic mass is 9.80. The Hall–Kier alpha value is -1.98. The molecule has 0 radical (unpaired) electrons.